The minimum Gasteiger partial charge on any atom is -0.480 e. The molecule has 0 aliphatic carbocycles. The lowest BCUT2D eigenvalue weighted by atomic mass is 10.0. The lowest BCUT2D eigenvalue weighted by molar-refractivity contribution is -0.143. The number of aliphatic imine (C=N–C) groups is 1. The van der Waals surface area contributed by atoms with E-state index >= 15 is 0 Å². The lowest BCUT2D eigenvalue weighted by Gasteiger charge is -2.26. The van der Waals surface area contributed by atoms with Crippen LogP contribution in [0.25, 0.3) is 0 Å². The average molecular weight is 503 g/mol. The molecule has 13 N–H and O–H groups in total. The van der Waals surface area contributed by atoms with E-state index in [0.717, 1.165) is 6.42 Å². The number of hydrogen-bond donors (Lipinski definition) is 9. The minimum absolute atomic E-state index is 0.0273. The van der Waals surface area contributed by atoms with Crippen molar-refractivity contribution in [1.82, 2.24) is 16.0 Å². The number of guanidine groups is 1. The Morgan fingerprint density at radius 2 is 1.43 bits per heavy atom. The van der Waals surface area contributed by atoms with Crippen LogP contribution >= 0.6 is 0 Å². The average Bonchev–Trinajstić information content (AvgIpc) is 2.77. The van der Waals surface area contributed by atoms with Gasteiger partial charge in [-0.15, -0.1) is 0 Å². The molecule has 3 amide bonds. The normalized spacial score (nSPS) is 14.3. The Hall–Kier alpha value is -2.97. The zero-order chi connectivity index (χ0) is 27.0. The molecule has 0 rings (SSSR count). The summed E-state index contributed by atoms with van der Waals surface area (Å²) >= 11 is 0. The van der Waals surface area contributed by atoms with Crippen LogP contribution in [0, 0.1) is 5.92 Å². The Morgan fingerprint density at radius 3 is 1.94 bits per heavy atom. The number of nitrogens with one attached hydrogen (secondary N) is 3. The summed E-state index contributed by atoms with van der Waals surface area (Å²) in [6.07, 6.45) is 2.45. The molecule has 202 valence electrons. The Bertz CT molecular complexity index is 714. The second kappa shape index (κ2) is 17.5. The van der Waals surface area contributed by atoms with Crippen LogP contribution in [0.1, 0.15) is 52.4 Å². The highest BCUT2D eigenvalue weighted by Gasteiger charge is 2.30. The van der Waals surface area contributed by atoms with Crippen LogP contribution in [0.3, 0.4) is 0 Å². The molecular weight excluding hydrogens is 460 g/mol. The molecule has 14 heteroatoms. The Balaban J connectivity index is 5.45. The highest BCUT2D eigenvalue weighted by atomic mass is 16.4. The molecule has 0 aromatic carbocycles. The summed E-state index contributed by atoms with van der Waals surface area (Å²) in [5, 5.41) is 25.7. The molecule has 0 bridgehead atoms. The van der Waals surface area contributed by atoms with Gasteiger partial charge >= 0.3 is 5.97 Å². The van der Waals surface area contributed by atoms with Crippen molar-refractivity contribution in [2.75, 3.05) is 19.7 Å². The van der Waals surface area contributed by atoms with Gasteiger partial charge in [0.25, 0.3) is 0 Å². The third-order valence-electron chi connectivity index (χ3n) is 5.02. The first kappa shape index (κ1) is 32.0. The number of aliphatic hydroxyl groups is 1. The second-order valence-electron chi connectivity index (χ2n) is 8.67. The molecule has 35 heavy (non-hydrogen) atoms. The zero-order valence-electron chi connectivity index (χ0n) is 20.5. The number of nitrogens with two attached hydrogens (primary N) is 4. The summed E-state index contributed by atoms with van der Waals surface area (Å²) in [5.74, 6) is -3.47. The molecular formula is C21H42N8O6. The van der Waals surface area contributed by atoms with E-state index < -0.39 is 54.5 Å². The fourth-order valence-electron chi connectivity index (χ4n) is 3.12. The predicted octanol–water partition coefficient (Wildman–Crippen LogP) is -2.93. The molecule has 14 nitrogen and oxygen atoms in total. The first-order valence-electron chi connectivity index (χ1n) is 11.7. The molecule has 0 saturated heterocycles. The summed E-state index contributed by atoms with van der Waals surface area (Å²) in [4.78, 5) is 53.3. The molecule has 0 saturated carbocycles. The van der Waals surface area contributed by atoms with E-state index in [4.69, 9.17) is 28.0 Å². The number of nitrogens with zero attached hydrogens (tertiary/aromatic N) is 1. The van der Waals surface area contributed by atoms with E-state index in [1.807, 2.05) is 13.8 Å². The van der Waals surface area contributed by atoms with Gasteiger partial charge in [-0.3, -0.25) is 19.4 Å². The van der Waals surface area contributed by atoms with Crippen LogP contribution < -0.4 is 38.9 Å². The number of amides is 3. The number of unbranched alkanes of at least 4 members (excludes halogenated alkanes) is 1. The quantitative estimate of drug-likeness (QED) is 0.0523. The molecule has 0 aromatic rings. The molecule has 0 fully saturated rings. The fourth-order valence-corrected chi connectivity index (χ4v) is 3.12. The molecule has 0 heterocycles. The van der Waals surface area contributed by atoms with Crippen molar-refractivity contribution >= 4 is 29.7 Å². The number of aliphatic hydroxyl groups excluding tert-OH is 1. The molecule has 0 aliphatic heterocycles. The SMILES string of the molecule is CC(C)CC(NC(=O)C(N)CCCCN)C(=O)NC(CCCN=C(N)N)C(=O)NC(CO)C(=O)O. The first-order valence-corrected chi connectivity index (χ1v) is 11.7. The molecule has 0 radical (unpaired) electrons. The number of carboxylic acid groups (broad SMARTS) is 1. The van der Waals surface area contributed by atoms with Crippen molar-refractivity contribution in [3.05, 3.63) is 0 Å². The van der Waals surface area contributed by atoms with Crippen LogP contribution in [-0.2, 0) is 19.2 Å². The minimum atomic E-state index is -1.54. The van der Waals surface area contributed by atoms with Gasteiger partial charge in [0.05, 0.1) is 12.6 Å². The number of carbonyl (C=O) groups excluding carboxylic acids is 3. The van der Waals surface area contributed by atoms with Gasteiger partial charge in [-0.05, 0) is 44.6 Å². The monoisotopic (exact) mass is 502 g/mol. The highest BCUT2D eigenvalue weighted by molar-refractivity contribution is 5.94. The van der Waals surface area contributed by atoms with Gasteiger partial charge in [-0.25, -0.2) is 4.79 Å². The van der Waals surface area contributed by atoms with E-state index in [2.05, 4.69) is 20.9 Å². The van der Waals surface area contributed by atoms with Crippen molar-refractivity contribution in [2.45, 2.75) is 76.5 Å². The van der Waals surface area contributed by atoms with Gasteiger partial charge in [-0.1, -0.05) is 20.3 Å². The summed E-state index contributed by atoms with van der Waals surface area (Å²) in [6, 6.07) is -4.49. The van der Waals surface area contributed by atoms with Crippen LogP contribution in [0.2, 0.25) is 0 Å². The van der Waals surface area contributed by atoms with Crippen LogP contribution in [0.4, 0.5) is 0 Å². The van der Waals surface area contributed by atoms with Gasteiger partial charge in [0, 0.05) is 6.54 Å². The van der Waals surface area contributed by atoms with Gasteiger partial charge in [0.2, 0.25) is 17.7 Å². The van der Waals surface area contributed by atoms with Crippen molar-refractivity contribution in [3.63, 3.8) is 0 Å². The van der Waals surface area contributed by atoms with Crippen LogP contribution in [0.15, 0.2) is 4.99 Å². The standard InChI is InChI=1S/C21H42N8O6/c1-12(2)10-15(28-17(31)13(23)6-3-4-8-22)19(33)27-14(7-5-9-26-21(24)25)18(32)29-16(11-30)20(34)35/h12-16,30H,3-11,22-23H2,1-2H3,(H,27,33)(H,28,31)(H,29,32)(H,34,35)(H4,24,25,26). The van der Waals surface area contributed by atoms with Crippen LogP contribution in [-0.4, -0.2) is 83.7 Å². The molecule has 0 aliphatic rings. The Labute approximate surface area is 205 Å². The maximum atomic E-state index is 13.0. The smallest absolute Gasteiger partial charge is 0.328 e. The van der Waals surface area contributed by atoms with Crippen molar-refractivity contribution in [1.29, 1.82) is 0 Å². The lowest BCUT2D eigenvalue weighted by Crippen LogP contribution is -2.57. The zero-order valence-corrected chi connectivity index (χ0v) is 20.5. The van der Waals surface area contributed by atoms with Crippen molar-refractivity contribution in [2.24, 2.45) is 33.8 Å². The maximum absolute atomic E-state index is 13.0. The predicted molar refractivity (Wildman–Crippen MR) is 131 cm³/mol. The van der Waals surface area contributed by atoms with Crippen molar-refractivity contribution in [3.8, 4) is 0 Å². The molecule has 4 unspecified atom stereocenters. The van der Waals surface area contributed by atoms with Gasteiger partial charge in [-0.2, -0.15) is 0 Å². The number of aliphatic carboxylic acids is 1. The van der Waals surface area contributed by atoms with Crippen LogP contribution in [0.5, 0.6) is 0 Å². The van der Waals surface area contributed by atoms with E-state index in [9.17, 15) is 24.3 Å². The van der Waals surface area contributed by atoms with Gasteiger partial charge in [0.1, 0.15) is 18.1 Å². The number of carboxylic acids is 1. The Morgan fingerprint density at radius 1 is 0.857 bits per heavy atom. The fraction of sp³-hybridized carbons (Fsp3) is 0.762. The summed E-state index contributed by atoms with van der Waals surface area (Å²) in [6.45, 7) is 3.56. The van der Waals surface area contributed by atoms with E-state index in [-0.39, 0.29) is 31.3 Å². The summed E-state index contributed by atoms with van der Waals surface area (Å²) < 4.78 is 0. The van der Waals surface area contributed by atoms with E-state index in [1.165, 1.54) is 0 Å². The number of rotatable bonds is 18. The first-order chi connectivity index (χ1) is 16.4. The maximum Gasteiger partial charge on any atom is 0.328 e. The molecule has 0 aromatic heterocycles. The third kappa shape index (κ3) is 14.1. The van der Waals surface area contributed by atoms with E-state index in [1.54, 1.807) is 0 Å². The van der Waals surface area contributed by atoms with Crippen molar-refractivity contribution < 1.29 is 29.4 Å². The largest absolute Gasteiger partial charge is 0.480 e. The summed E-state index contributed by atoms with van der Waals surface area (Å²) in [5.41, 5.74) is 22.0. The van der Waals surface area contributed by atoms with Gasteiger partial charge < -0.3 is 49.1 Å². The topological polar surface area (TPSA) is 261 Å². The number of hydrogen-bond acceptors (Lipinski definition) is 8. The van der Waals surface area contributed by atoms with E-state index in [0.29, 0.717) is 25.8 Å². The number of carbonyl (C=O) groups is 4. The van der Waals surface area contributed by atoms with Gasteiger partial charge in [0.15, 0.2) is 5.96 Å². The molecule has 0 spiro atoms. The highest BCUT2D eigenvalue weighted by Crippen LogP contribution is 2.08. The summed E-state index contributed by atoms with van der Waals surface area (Å²) in [7, 11) is 0. The Kier molecular flexibility index (Phi) is 16.0. The second-order valence-corrected chi connectivity index (χ2v) is 8.67. The third-order valence-corrected chi connectivity index (χ3v) is 5.02. The molecule has 4 atom stereocenters.